The van der Waals surface area contributed by atoms with Gasteiger partial charge in [0.05, 0.1) is 12.7 Å². The molecule has 0 fully saturated rings. The van der Waals surface area contributed by atoms with Crippen LogP contribution in [0.5, 0.6) is 5.75 Å². The van der Waals surface area contributed by atoms with Crippen molar-refractivity contribution in [1.29, 1.82) is 0 Å². The Bertz CT molecular complexity index is 1010. The highest BCUT2D eigenvalue weighted by Crippen LogP contribution is 2.27. The average molecular weight is 416 g/mol. The minimum Gasteiger partial charge on any atom is -0.495 e. The van der Waals surface area contributed by atoms with Gasteiger partial charge in [0.1, 0.15) is 10.6 Å². The minimum absolute atomic E-state index is 0.0592. The number of ether oxygens (including phenoxy) is 1. The first-order valence-corrected chi connectivity index (χ1v) is 9.63. The van der Waals surface area contributed by atoms with Crippen LogP contribution in [-0.2, 0) is 10.0 Å². The second-order valence-corrected chi connectivity index (χ2v) is 7.70. The maximum atomic E-state index is 13.6. The van der Waals surface area contributed by atoms with E-state index in [2.05, 4.69) is 10.0 Å². The predicted octanol–water partition coefficient (Wildman–Crippen LogP) is 2.44. The maximum absolute atomic E-state index is 13.6. The van der Waals surface area contributed by atoms with Crippen molar-refractivity contribution in [1.82, 2.24) is 10.0 Å². The van der Waals surface area contributed by atoms with Crippen molar-refractivity contribution in [3.63, 3.8) is 0 Å². The first-order valence-electron chi connectivity index (χ1n) is 8.15. The van der Waals surface area contributed by atoms with Gasteiger partial charge in [0.2, 0.25) is 10.0 Å². The number of carbonyl (C=O) groups excluding carboxylic acids is 1. The molecule has 0 saturated carbocycles. The van der Waals surface area contributed by atoms with E-state index in [0.717, 1.165) is 17.2 Å². The zero-order valence-electron chi connectivity index (χ0n) is 15.4. The summed E-state index contributed by atoms with van der Waals surface area (Å²) in [5.74, 6) is -5.61. The minimum atomic E-state index is -3.94. The zero-order chi connectivity index (χ0) is 21.1. The Kier molecular flexibility index (Phi) is 6.68. The molecule has 0 saturated heterocycles. The Balaban J connectivity index is 2.03. The summed E-state index contributed by atoms with van der Waals surface area (Å²) in [5, 5.41) is 2.23. The second-order valence-electron chi connectivity index (χ2n) is 5.96. The molecule has 0 heterocycles. The number of methoxy groups -OCH3 is 1. The lowest BCUT2D eigenvalue weighted by Gasteiger charge is -2.13. The van der Waals surface area contributed by atoms with E-state index < -0.39 is 38.9 Å². The lowest BCUT2D eigenvalue weighted by Crippen LogP contribution is -2.35. The smallest absolute Gasteiger partial charge is 0.254 e. The number of rotatable bonds is 7. The van der Waals surface area contributed by atoms with Crippen LogP contribution in [0.3, 0.4) is 0 Å². The summed E-state index contributed by atoms with van der Waals surface area (Å²) in [6, 6.07) is 4.48. The van der Waals surface area contributed by atoms with Crippen LogP contribution in [0.25, 0.3) is 0 Å². The highest BCUT2D eigenvalue weighted by atomic mass is 32.2. The van der Waals surface area contributed by atoms with Gasteiger partial charge in [0, 0.05) is 13.1 Å². The third-order valence-corrected chi connectivity index (χ3v) is 5.53. The molecule has 152 valence electrons. The van der Waals surface area contributed by atoms with Crippen molar-refractivity contribution in [3.8, 4) is 5.75 Å². The molecule has 2 rings (SSSR count). The molecular weight excluding hydrogens is 397 g/mol. The zero-order valence-corrected chi connectivity index (χ0v) is 16.2. The van der Waals surface area contributed by atoms with E-state index in [0.29, 0.717) is 6.07 Å². The van der Waals surface area contributed by atoms with Crippen molar-refractivity contribution in [2.24, 2.45) is 0 Å². The fourth-order valence-electron chi connectivity index (χ4n) is 2.37. The number of hydrogen-bond acceptors (Lipinski definition) is 4. The van der Waals surface area contributed by atoms with Gasteiger partial charge in [0.25, 0.3) is 5.91 Å². The molecule has 2 aromatic carbocycles. The fraction of sp³-hybridized carbons (Fsp3) is 0.278. The van der Waals surface area contributed by atoms with Crippen LogP contribution < -0.4 is 14.8 Å². The molecule has 0 aromatic heterocycles. The summed E-state index contributed by atoms with van der Waals surface area (Å²) in [7, 11) is -2.59. The Morgan fingerprint density at radius 3 is 2.32 bits per heavy atom. The van der Waals surface area contributed by atoms with Crippen molar-refractivity contribution < 1.29 is 31.1 Å². The SMILES string of the molecule is COc1cc(C)c(C)cc1S(=O)(=O)NCCNC(=O)c1ccc(F)c(F)c1F. The topological polar surface area (TPSA) is 84.5 Å². The number of halogens is 3. The maximum Gasteiger partial charge on any atom is 0.254 e. The van der Waals surface area contributed by atoms with E-state index in [-0.39, 0.29) is 23.7 Å². The van der Waals surface area contributed by atoms with E-state index in [4.69, 9.17) is 4.74 Å². The highest BCUT2D eigenvalue weighted by molar-refractivity contribution is 7.89. The summed E-state index contributed by atoms with van der Waals surface area (Å²) < 4.78 is 72.0. The third kappa shape index (κ3) is 4.63. The monoisotopic (exact) mass is 416 g/mol. The van der Waals surface area contributed by atoms with Gasteiger partial charge in [-0.25, -0.2) is 26.3 Å². The number of nitrogens with one attached hydrogen (secondary N) is 2. The summed E-state index contributed by atoms with van der Waals surface area (Å²) in [4.78, 5) is 11.8. The summed E-state index contributed by atoms with van der Waals surface area (Å²) in [5.41, 5.74) is 0.928. The molecule has 1 amide bonds. The van der Waals surface area contributed by atoms with Crippen LogP contribution >= 0.6 is 0 Å². The Morgan fingerprint density at radius 2 is 1.68 bits per heavy atom. The van der Waals surface area contributed by atoms with Gasteiger partial charge in [-0.1, -0.05) is 0 Å². The number of carbonyl (C=O) groups is 1. The van der Waals surface area contributed by atoms with Crippen molar-refractivity contribution in [2.75, 3.05) is 20.2 Å². The molecule has 0 aliphatic carbocycles. The van der Waals surface area contributed by atoms with Crippen LogP contribution in [0.15, 0.2) is 29.2 Å². The molecule has 28 heavy (non-hydrogen) atoms. The van der Waals surface area contributed by atoms with E-state index in [1.165, 1.54) is 13.2 Å². The van der Waals surface area contributed by atoms with E-state index in [9.17, 15) is 26.4 Å². The summed E-state index contributed by atoms with van der Waals surface area (Å²) in [6.07, 6.45) is 0. The van der Waals surface area contributed by atoms with E-state index in [1.807, 2.05) is 6.92 Å². The molecule has 10 heteroatoms. The summed E-state index contributed by atoms with van der Waals surface area (Å²) in [6.45, 7) is 3.15. The average Bonchev–Trinajstić information content (AvgIpc) is 2.65. The molecule has 0 unspecified atom stereocenters. The van der Waals surface area contributed by atoms with Gasteiger partial charge in [-0.15, -0.1) is 0 Å². The van der Waals surface area contributed by atoms with Crippen molar-refractivity contribution >= 4 is 15.9 Å². The van der Waals surface area contributed by atoms with Crippen LogP contribution in [-0.4, -0.2) is 34.5 Å². The molecule has 0 spiro atoms. The first kappa shape index (κ1) is 21.7. The largest absolute Gasteiger partial charge is 0.495 e. The lowest BCUT2D eigenvalue weighted by atomic mass is 10.1. The molecular formula is C18H19F3N2O4S. The lowest BCUT2D eigenvalue weighted by molar-refractivity contribution is 0.0949. The fourth-order valence-corrected chi connectivity index (χ4v) is 3.63. The number of benzene rings is 2. The van der Waals surface area contributed by atoms with Crippen molar-refractivity contribution in [3.05, 3.63) is 58.4 Å². The number of aryl methyl sites for hydroxylation is 2. The molecule has 0 atom stereocenters. The molecule has 0 aliphatic rings. The molecule has 0 radical (unpaired) electrons. The van der Waals surface area contributed by atoms with Gasteiger partial charge < -0.3 is 10.1 Å². The van der Waals surface area contributed by atoms with E-state index >= 15 is 0 Å². The molecule has 2 aromatic rings. The third-order valence-electron chi connectivity index (χ3n) is 4.05. The molecule has 6 nitrogen and oxygen atoms in total. The summed E-state index contributed by atoms with van der Waals surface area (Å²) >= 11 is 0. The molecule has 2 N–H and O–H groups in total. The number of amides is 1. The van der Waals surface area contributed by atoms with E-state index in [1.54, 1.807) is 13.0 Å². The van der Waals surface area contributed by atoms with Crippen LogP contribution in [0.2, 0.25) is 0 Å². The van der Waals surface area contributed by atoms with Gasteiger partial charge in [0.15, 0.2) is 17.5 Å². The number of sulfonamides is 1. The standard InChI is InChI=1S/C18H19F3N2O4S/c1-10-8-14(27-3)15(9-11(10)2)28(25,26)23-7-6-22-18(24)12-4-5-13(19)17(21)16(12)20/h4-5,8-9,23H,6-7H2,1-3H3,(H,22,24). The quantitative estimate of drug-likeness (QED) is 0.536. The highest BCUT2D eigenvalue weighted by Gasteiger charge is 2.21. The van der Waals surface area contributed by atoms with Crippen molar-refractivity contribution in [2.45, 2.75) is 18.7 Å². The van der Waals surface area contributed by atoms with Crippen LogP contribution in [0, 0.1) is 31.3 Å². The molecule has 0 aliphatic heterocycles. The van der Waals surface area contributed by atoms with Gasteiger partial charge >= 0.3 is 0 Å². The normalized spacial score (nSPS) is 11.4. The van der Waals surface area contributed by atoms with Crippen LogP contribution in [0.4, 0.5) is 13.2 Å². The van der Waals surface area contributed by atoms with Gasteiger partial charge in [-0.05, 0) is 49.2 Å². The first-order chi connectivity index (χ1) is 13.1. The van der Waals surface area contributed by atoms with Gasteiger partial charge in [-0.3, -0.25) is 4.79 Å². The van der Waals surface area contributed by atoms with Crippen LogP contribution in [0.1, 0.15) is 21.5 Å². The Morgan fingerprint density at radius 1 is 1.04 bits per heavy atom. The number of hydrogen-bond donors (Lipinski definition) is 2. The van der Waals surface area contributed by atoms with Gasteiger partial charge in [-0.2, -0.15) is 0 Å². The Hall–Kier alpha value is -2.59. The predicted molar refractivity (Wildman–Crippen MR) is 96.3 cm³/mol. The Labute approximate surface area is 160 Å². The second kappa shape index (κ2) is 8.61. The molecule has 0 bridgehead atoms.